The molecule has 1 aromatic heterocycles. The van der Waals surface area contributed by atoms with Crippen LogP contribution in [0.5, 0.6) is 0 Å². The molecule has 0 bridgehead atoms. The first-order valence-electron chi connectivity index (χ1n) is 10.2. The van der Waals surface area contributed by atoms with Gasteiger partial charge in [0, 0.05) is 24.3 Å². The molecule has 6 nitrogen and oxygen atoms in total. The van der Waals surface area contributed by atoms with E-state index in [9.17, 15) is 22.4 Å². The normalized spacial score (nSPS) is 13.2. The zero-order valence-electron chi connectivity index (χ0n) is 17.4. The first kappa shape index (κ1) is 22.7. The predicted octanol–water partition coefficient (Wildman–Crippen LogP) is 3.64. The first-order chi connectivity index (χ1) is 15.8. The summed E-state index contributed by atoms with van der Waals surface area (Å²) in [6.07, 6.45) is -2.58. The Morgan fingerprint density at radius 2 is 1.97 bits per heavy atom. The summed E-state index contributed by atoms with van der Waals surface area (Å²) in [7, 11) is 0. The van der Waals surface area contributed by atoms with Crippen LogP contribution in [0.3, 0.4) is 0 Å². The molecule has 1 amide bonds. The lowest BCUT2D eigenvalue weighted by Crippen LogP contribution is -2.27. The molecule has 0 spiro atoms. The minimum atomic E-state index is -4.64. The van der Waals surface area contributed by atoms with Crippen LogP contribution in [0.1, 0.15) is 32.6 Å². The van der Waals surface area contributed by atoms with E-state index in [0.717, 1.165) is 23.4 Å². The number of carbonyl (C=O) groups excluding carboxylic acids is 1. The van der Waals surface area contributed by atoms with Gasteiger partial charge in [-0.15, -0.1) is 5.10 Å². The molecule has 0 aliphatic carbocycles. The van der Waals surface area contributed by atoms with Crippen molar-refractivity contribution < 1.29 is 27.5 Å². The number of aromatic nitrogens is 2. The fourth-order valence-corrected chi connectivity index (χ4v) is 3.92. The highest BCUT2D eigenvalue weighted by molar-refractivity contribution is 5.98. The number of aliphatic hydroxyl groups is 1. The van der Waals surface area contributed by atoms with Gasteiger partial charge in [-0.3, -0.25) is 4.79 Å². The summed E-state index contributed by atoms with van der Waals surface area (Å²) < 4.78 is 52.8. The fraction of sp³-hybridized carbons (Fsp3) is 0.261. The maximum Gasteiger partial charge on any atom is 0.416 e. The summed E-state index contributed by atoms with van der Waals surface area (Å²) >= 11 is 0. The van der Waals surface area contributed by atoms with Crippen LogP contribution in [0.15, 0.2) is 48.7 Å². The number of fused-ring (bicyclic) bond motifs is 1. The van der Waals surface area contributed by atoms with Gasteiger partial charge in [0.15, 0.2) is 5.82 Å². The number of benzene rings is 2. The average Bonchev–Trinajstić information content (AvgIpc) is 3.21. The van der Waals surface area contributed by atoms with Crippen molar-refractivity contribution in [2.75, 3.05) is 24.6 Å². The van der Waals surface area contributed by atoms with E-state index in [-0.39, 0.29) is 31.0 Å². The molecule has 0 saturated carbocycles. The smallest absolute Gasteiger partial charge is 0.395 e. The maximum atomic E-state index is 13.7. The molecule has 1 aliphatic rings. The quantitative estimate of drug-likeness (QED) is 0.550. The molecule has 4 rings (SSSR count). The van der Waals surface area contributed by atoms with Crippen LogP contribution < -0.4 is 10.2 Å². The van der Waals surface area contributed by atoms with Gasteiger partial charge < -0.3 is 15.3 Å². The van der Waals surface area contributed by atoms with E-state index in [2.05, 4.69) is 15.5 Å². The van der Waals surface area contributed by atoms with Crippen molar-refractivity contribution in [3.63, 3.8) is 0 Å². The zero-order chi connectivity index (χ0) is 23.6. The lowest BCUT2D eigenvalue weighted by molar-refractivity contribution is -0.137. The Bertz CT molecular complexity index is 1180. The Morgan fingerprint density at radius 1 is 1.15 bits per heavy atom. The van der Waals surface area contributed by atoms with Crippen LogP contribution >= 0.6 is 0 Å². The van der Waals surface area contributed by atoms with Crippen molar-refractivity contribution in [2.24, 2.45) is 0 Å². The SMILES string of the molecule is O=C(NCCO)c1cccc2c1CCN2c1cc(Cc2cc(F)cc(C(F)(F)F)c2)cnn1. The summed E-state index contributed by atoms with van der Waals surface area (Å²) in [5.74, 6) is -0.761. The van der Waals surface area contributed by atoms with Gasteiger partial charge in [-0.1, -0.05) is 6.07 Å². The number of hydrogen-bond acceptors (Lipinski definition) is 5. The van der Waals surface area contributed by atoms with Crippen LogP contribution in [0, 0.1) is 5.82 Å². The third-order valence-corrected chi connectivity index (χ3v) is 5.34. The molecule has 33 heavy (non-hydrogen) atoms. The number of rotatable bonds is 6. The van der Waals surface area contributed by atoms with Gasteiger partial charge in [-0.2, -0.15) is 18.3 Å². The third kappa shape index (κ3) is 4.95. The molecule has 0 atom stereocenters. The Balaban J connectivity index is 1.60. The molecule has 0 saturated heterocycles. The van der Waals surface area contributed by atoms with Crippen LogP contribution in [0.2, 0.25) is 0 Å². The summed E-state index contributed by atoms with van der Waals surface area (Å²) in [5, 5.41) is 19.7. The molecule has 172 valence electrons. The second-order valence-corrected chi connectivity index (χ2v) is 7.63. The van der Waals surface area contributed by atoms with E-state index in [1.54, 1.807) is 18.2 Å². The molecule has 1 aliphatic heterocycles. The number of amides is 1. The summed E-state index contributed by atoms with van der Waals surface area (Å²) in [5.41, 5.74) is 1.82. The Hall–Kier alpha value is -3.53. The highest BCUT2D eigenvalue weighted by Gasteiger charge is 2.31. The van der Waals surface area contributed by atoms with Crippen LogP contribution in [-0.4, -0.2) is 40.9 Å². The molecule has 2 N–H and O–H groups in total. The molecule has 10 heteroatoms. The standard InChI is InChI=1S/C23H20F4N4O2/c24-17-10-14(9-16(12-17)23(25,26)27)8-15-11-21(30-29-13-15)31-6-4-18-19(2-1-3-20(18)31)22(33)28-5-7-32/h1-3,9-13,32H,4-8H2,(H,28,33). The van der Waals surface area contributed by atoms with Crippen LogP contribution in [0.4, 0.5) is 29.1 Å². The number of halogens is 4. The lowest BCUT2D eigenvalue weighted by atomic mass is 10.0. The number of anilines is 2. The molecular formula is C23H20F4N4O2. The van der Waals surface area contributed by atoms with E-state index in [1.165, 1.54) is 6.20 Å². The van der Waals surface area contributed by atoms with Gasteiger partial charge in [-0.25, -0.2) is 4.39 Å². The first-order valence-corrected chi connectivity index (χ1v) is 10.2. The largest absolute Gasteiger partial charge is 0.416 e. The van der Waals surface area contributed by atoms with Crippen molar-refractivity contribution >= 4 is 17.4 Å². The van der Waals surface area contributed by atoms with Crippen molar-refractivity contribution in [3.8, 4) is 0 Å². The summed E-state index contributed by atoms with van der Waals surface area (Å²) in [6, 6.07) is 9.45. The highest BCUT2D eigenvalue weighted by Crippen LogP contribution is 2.36. The molecular weight excluding hydrogens is 440 g/mol. The van der Waals surface area contributed by atoms with Gasteiger partial charge in [0.2, 0.25) is 0 Å². The Labute approximate surface area is 186 Å². The minimum absolute atomic E-state index is 0.0493. The van der Waals surface area contributed by atoms with E-state index in [0.29, 0.717) is 36.0 Å². The molecule has 2 heterocycles. The van der Waals surface area contributed by atoms with Gasteiger partial charge in [0.05, 0.1) is 18.4 Å². The second-order valence-electron chi connectivity index (χ2n) is 7.63. The zero-order valence-corrected chi connectivity index (χ0v) is 17.4. The van der Waals surface area contributed by atoms with Gasteiger partial charge in [-0.05, 0) is 65.9 Å². The third-order valence-electron chi connectivity index (χ3n) is 5.34. The molecule has 2 aromatic carbocycles. The van der Waals surface area contributed by atoms with Crippen molar-refractivity contribution in [1.82, 2.24) is 15.5 Å². The van der Waals surface area contributed by atoms with Gasteiger partial charge in [0.1, 0.15) is 5.82 Å². The number of carbonyl (C=O) groups is 1. The summed E-state index contributed by atoms with van der Waals surface area (Å²) in [6.45, 7) is 0.525. The molecule has 0 radical (unpaired) electrons. The Morgan fingerprint density at radius 3 is 2.73 bits per heavy atom. The van der Waals surface area contributed by atoms with Crippen molar-refractivity contribution in [1.29, 1.82) is 0 Å². The lowest BCUT2D eigenvalue weighted by Gasteiger charge is -2.19. The van der Waals surface area contributed by atoms with E-state index < -0.39 is 17.6 Å². The predicted molar refractivity (Wildman–Crippen MR) is 113 cm³/mol. The summed E-state index contributed by atoms with van der Waals surface area (Å²) in [4.78, 5) is 14.3. The van der Waals surface area contributed by atoms with Crippen molar-refractivity contribution in [3.05, 3.63) is 82.3 Å². The maximum absolute atomic E-state index is 13.7. The number of nitrogens with one attached hydrogen (secondary N) is 1. The molecule has 0 unspecified atom stereocenters. The fourth-order valence-electron chi connectivity index (χ4n) is 3.92. The molecule has 3 aromatic rings. The van der Waals surface area contributed by atoms with Gasteiger partial charge in [0.25, 0.3) is 5.91 Å². The number of hydrogen-bond donors (Lipinski definition) is 2. The highest BCUT2D eigenvalue weighted by atomic mass is 19.4. The topological polar surface area (TPSA) is 78.4 Å². The van der Waals surface area contributed by atoms with E-state index in [4.69, 9.17) is 5.11 Å². The van der Waals surface area contributed by atoms with E-state index in [1.807, 2.05) is 11.0 Å². The van der Waals surface area contributed by atoms with Gasteiger partial charge >= 0.3 is 6.18 Å². The minimum Gasteiger partial charge on any atom is -0.395 e. The van der Waals surface area contributed by atoms with E-state index >= 15 is 0 Å². The second kappa shape index (κ2) is 9.14. The number of aliphatic hydroxyl groups excluding tert-OH is 1. The van der Waals surface area contributed by atoms with Crippen molar-refractivity contribution in [2.45, 2.75) is 19.0 Å². The van der Waals surface area contributed by atoms with Crippen LogP contribution in [-0.2, 0) is 19.0 Å². The van der Waals surface area contributed by atoms with Crippen LogP contribution in [0.25, 0.3) is 0 Å². The Kier molecular flexibility index (Phi) is 6.28. The average molecular weight is 460 g/mol. The number of alkyl halides is 3. The number of nitrogens with zero attached hydrogens (tertiary/aromatic N) is 3. The monoisotopic (exact) mass is 460 g/mol. The molecule has 0 fully saturated rings.